The van der Waals surface area contributed by atoms with Gasteiger partial charge in [0.25, 0.3) is 0 Å². The van der Waals surface area contributed by atoms with Crippen molar-refractivity contribution in [3.8, 4) is 0 Å². The second-order valence-corrected chi connectivity index (χ2v) is 14.5. The number of aliphatic carboxylic acids is 1. The number of carboxylic acids is 1. The molecule has 0 radical (unpaired) electrons. The summed E-state index contributed by atoms with van der Waals surface area (Å²) in [4.78, 5) is 17.2. The number of likely N-dealkylation sites (tertiary alicyclic amines) is 2. The molecule has 2 aliphatic heterocycles. The second-order valence-electron chi connectivity index (χ2n) is 12.4. The molecule has 0 amide bonds. The maximum absolute atomic E-state index is 14.2. The van der Waals surface area contributed by atoms with Crippen LogP contribution in [0.5, 0.6) is 0 Å². The van der Waals surface area contributed by atoms with E-state index in [9.17, 15) is 27.1 Å². The fraction of sp³-hybridized carbons (Fsp3) is 0.594. The molecule has 3 atom stereocenters. The Bertz CT molecular complexity index is 1270. The first-order chi connectivity index (χ1) is 19.7. The first kappa shape index (κ1) is 30.1. The minimum atomic E-state index is -3.45. The van der Waals surface area contributed by atoms with Gasteiger partial charge in [0.05, 0.1) is 10.6 Å². The predicted octanol–water partition coefficient (Wildman–Crippen LogP) is 5.59. The molecule has 1 N–H and O–H groups in total. The van der Waals surface area contributed by atoms with Crippen molar-refractivity contribution in [3.05, 3.63) is 65.7 Å². The Balaban J connectivity index is 1.21. The van der Waals surface area contributed by atoms with Gasteiger partial charge in [0, 0.05) is 25.6 Å². The molecular formula is C32H42F2N2O4S. The zero-order chi connectivity index (χ0) is 29.0. The zero-order valence-corrected chi connectivity index (χ0v) is 24.5. The highest BCUT2D eigenvalue weighted by Crippen LogP contribution is 2.39. The van der Waals surface area contributed by atoms with Crippen molar-refractivity contribution >= 4 is 15.8 Å². The van der Waals surface area contributed by atoms with Crippen molar-refractivity contribution in [2.24, 2.45) is 17.8 Å². The highest BCUT2D eigenvalue weighted by molar-refractivity contribution is 7.91. The number of carboxylic acid groups (broad SMARTS) is 1. The maximum atomic E-state index is 14.2. The van der Waals surface area contributed by atoms with Crippen molar-refractivity contribution in [2.45, 2.75) is 68.2 Å². The third-order valence-corrected chi connectivity index (χ3v) is 11.4. The molecule has 1 saturated carbocycles. The Labute approximate surface area is 242 Å². The van der Waals surface area contributed by atoms with E-state index in [0.29, 0.717) is 25.4 Å². The summed E-state index contributed by atoms with van der Waals surface area (Å²) in [6, 6.07) is 11.3. The van der Waals surface area contributed by atoms with Crippen LogP contribution < -0.4 is 0 Å². The summed E-state index contributed by atoms with van der Waals surface area (Å²) in [5.41, 5.74) is 0.936. The molecule has 2 aromatic rings. The summed E-state index contributed by atoms with van der Waals surface area (Å²) in [6.07, 6.45) is 7.63. The van der Waals surface area contributed by atoms with E-state index in [1.54, 1.807) is 12.1 Å². The minimum absolute atomic E-state index is 0.0558. The van der Waals surface area contributed by atoms with Crippen LogP contribution in [-0.2, 0) is 14.6 Å². The van der Waals surface area contributed by atoms with Crippen LogP contribution in [-0.4, -0.2) is 73.8 Å². The fourth-order valence-corrected chi connectivity index (χ4v) is 8.84. The molecule has 3 aliphatic rings. The van der Waals surface area contributed by atoms with E-state index in [1.807, 2.05) is 6.07 Å². The van der Waals surface area contributed by atoms with Crippen LogP contribution in [0.15, 0.2) is 53.4 Å². The molecule has 9 heteroatoms. The van der Waals surface area contributed by atoms with Crippen molar-refractivity contribution in [2.75, 3.05) is 38.5 Å². The highest BCUT2D eigenvalue weighted by Gasteiger charge is 2.43. The van der Waals surface area contributed by atoms with Gasteiger partial charge in [0.15, 0.2) is 9.84 Å². The Morgan fingerprint density at radius 3 is 2.29 bits per heavy atom. The quantitative estimate of drug-likeness (QED) is 0.365. The molecule has 224 valence electrons. The summed E-state index contributed by atoms with van der Waals surface area (Å²) < 4.78 is 52.9. The number of benzene rings is 2. The summed E-state index contributed by atoms with van der Waals surface area (Å²) in [5, 5.41) is 10.2. The van der Waals surface area contributed by atoms with Crippen molar-refractivity contribution in [3.63, 3.8) is 0 Å². The zero-order valence-electron chi connectivity index (χ0n) is 23.6. The number of sulfone groups is 1. The second kappa shape index (κ2) is 13.3. The summed E-state index contributed by atoms with van der Waals surface area (Å²) in [5.74, 6) is -0.676. The van der Waals surface area contributed by atoms with Crippen LogP contribution in [0.25, 0.3) is 0 Å². The van der Waals surface area contributed by atoms with Gasteiger partial charge in [0.2, 0.25) is 0 Å². The van der Waals surface area contributed by atoms with E-state index in [0.717, 1.165) is 63.7 Å². The molecule has 41 heavy (non-hydrogen) atoms. The predicted molar refractivity (Wildman–Crippen MR) is 154 cm³/mol. The number of hydrogen-bond acceptors (Lipinski definition) is 5. The highest BCUT2D eigenvalue weighted by atomic mass is 32.2. The van der Waals surface area contributed by atoms with Gasteiger partial charge in [-0.3, -0.25) is 9.69 Å². The fourth-order valence-electron chi connectivity index (χ4n) is 7.41. The maximum Gasteiger partial charge on any atom is 0.321 e. The monoisotopic (exact) mass is 588 g/mol. The molecular weight excluding hydrogens is 546 g/mol. The Morgan fingerprint density at radius 1 is 0.927 bits per heavy atom. The van der Waals surface area contributed by atoms with Crippen LogP contribution in [0.2, 0.25) is 0 Å². The van der Waals surface area contributed by atoms with Crippen molar-refractivity contribution in [1.82, 2.24) is 9.80 Å². The normalized spacial score (nSPS) is 24.4. The molecule has 2 saturated heterocycles. The number of piperidine rings is 1. The van der Waals surface area contributed by atoms with E-state index in [1.165, 1.54) is 36.8 Å². The van der Waals surface area contributed by atoms with Crippen molar-refractivity contribution in [1.29, 1.82) is 0 Å². The van der Waals surface area contributed by atoms with Gasteiger partial charge >= 0.3 is 5.97 Å². The van der Waals surface area contributed by atoms with Crippen LogP contribution >= 0.6 is 0 Å². The lowest BCUT2D eigenvalue weighted by atomic mass is 9.83. The molecule has 6 nitrogen and oxygen atoms in total. The van der Waals surface area contributed by atoms with Gasteiger partial charge in [-0.05, 0) is 105 Å². The molecule has 0 aromatic heterocycles. The molecule has 0 bridgehead atoms. The molecule has 2 heterocycles. The minimum Gasteiger partial charge on any atom is -0.480 e. The van der Waals surface area contributed by atoms with Gasteiger partial charge in [0.1, 0.15) is 17.7 Å². The van der Waals surface area contributed by atoms with Gasteiger partial charge in [-0.15, -0.1) is 0 Å². The molecule has 5 rings (SSSR count). The average Bonchev–Trinajstić information content (AvgIpc) is 3.36. The van der Waals surface area contributed by atoms with E-state index >= 15 is 0 Å². The summed E-state index contributed by atoms with van der Waals surface area (Å²) in [6.45, 7) is 3.84. The van der Waals surface area contributed by atoms with E-state index in [4.69, 9.17) is 0 Å². The first-order valence-electron chi connectivity index (χ1n) is 15.1. The third-order valence-electron chi connectivity index (χ3n) is 9.66. The number of hydrogen-bond donors (Lipinski definition) is 1. The summed E-state index contributed by atoms with van der Waals surface area (Å²) >= 11 is 0. The number of carbonyl (C=O) groups is 1. The lowest BCUT2D eigenvalue weighted by Gasteiger charge is -2.35. The Morgan fingerprint density at radius 2 is 1.63 bits per heavy atom. The average molecular weight is 589 g/mol. The molecule has 3 fully saturated rings. The third kappa shape index (κ3) is 7.54. The standard InChI is InChI=1S/C32H42F2N2O4S/c33-27-9-11-29(12-10-27)41(39,40)18-15-23-13-16-35(17-14-23)20-26-21-36(22-30(26)25-7-4-8-28(34)19-25)31(32(37)38)24-5-2-1-3-6-24/h4,7-12,19,23-24,26,30-31H,1-3,5-6,13-18,20-22H2,(H,37,38)/t26-,30+,31+/m0/s1. The lowest BCUT2D eigenvalue weighted by molar-refractivity contribution is -0.145. The van der Waals surface area contributed by atoms with Crippen LogP contribution in [0.1, 0.15) is 62.8 Å². The van der Waals surface area contributed by atoms with Gasteiger partial charge in [-0.2, -0.15) is 0 Å². The van der Waals surface area contributed by atoms with Gasteiger partial charge < -0.3 is 10.0 Å². The first-order valence-corrected chi connectivity index (χ1v) is 16.8. The number of nitrogens with zero attached hydrogens (tertiary/aromatic N) is 2. The largest absolute Gasteiger partial charge is 0.480 e. The molecule has 0 spiro atoms. The van der Waals surface area contributed by atoms with E-state index < -0.39 is 27.7 Å². The van der Waals surface area contributed by atoms with Crippen LogP contribution in [0, 0.1) is 29.4 Å². The molecule has 0 unspecified atom stereocenters. The van der Waals surface area contributed by atoms with E-state index in [2.05, 4.69) is 9.80 Å². The number of rotatable bonds is 10. The lowest BCUT2D eigenvalue weighted by Crippen LogP contribution is -2.46. The smallest absolute Gasteiger partial charge is 0.321 e. The van der Waals surface area contributed by atoms with E-state index in [-0.39, 0.29) is 34.2 Å². The Hall–Kier alpha value is -2.36. The SMILES string of the molecule is O=C(O)[C@@H](C1CCCCC1)N1C[C@H](CN2CCC(CCS(=O)(=O)c3ccc(F)cc3)CC2)[C@@H](c2cccc(F)c2)C1. The van der Waals surface area contributed by atoms with Gasteiger partial charge in [-0.25, -0.2) is 17.2 Å². The van der Waals surface area contributed by atoms with Crippen LogP contribution in [0.3, 0.4) is 0 Å². The Kier molecular flexibility index (Phi) is 9.77. The van der Waals surface area contributed by atoms with Crippen molar-refractivity contribution < 1.29 is 27.1 Å². The molecule has 2 aromatic carbocycles. The summed E-state index contributed by atoms with van der Waals surface area (Å²) in [7, 11) is -3.45. The topological polar surface area (TPSA) is 77.9 Å². The number of halogens is 2. The van der Waals surface area contributed by atoms with Gasteiger partial charge in [-0.1, -0.05) is 31.4 Å². The van der Waals surface area contributed by atoms with Crippen LogP contribution in [0.4, 0.5) is 8.78 Å². The molecule has 1 aliphatic carbocycles.